The van der Waals surface area contributed by atoms with Gasteiger partial charge in [0.15, 0.2) is 0 Å². The van der Waals surface area contributed by atoms with Gasteiger partial charge in [0.1, 0.15) is 6.10 Å². The molecule has 110 valence electrons. The number of nitrogens with one attached hydrogen (secondary N) is 1. The fourth-order valence-corrected chi connectivity index (χ4v) is 3.93. The highest BCUT2D eigenvalue weighted by atomic mass is 16.7. The highest BCUT2D eigenvalue weighted by Gasteiger charge is 2.40. The number of hydroxylamine groups is 2. The van der Waals surface area contributed by atoms with Crippen molar-refractivity contribution >= 4 is 10.9 Å². The van der Waals surface area contributed by atoms with E-state index in [9.17, 15) is 0 Å². The van der Waals surface area contributed by atoms with Crippen molar-refractivity contribution in [2.45, 2.75) is 25.0 Å². The van der Waals surface area contributed by atoms with Gasteiger partial charge in [-0.25, -0.2) is 0 Å². The van der Waals surface area contributed by atoms with E-state index in [1.807, 2.05) is 0 Å². The first-order valence-corrected chi connectivity index (χ1v) is 7.98. The van der Waals surface area contributed by atoms with Crippen molar-refractivity contribution in [2.75, 3.05) is 6.54 Å². The molecule has 1 saturated heterocycles. The smallest absolute Gasteiger partial charge is 0.106 e. The van der Waals surface area contributed by atoms with E-state index < -0.39 is 0 Å². The van der Waals surface area contributed by atoms with Gasteiger partial charge < -0.3 is 4.98 Å². The van der Waals surface area contributed by atoms with Crippen LogP contribution in [0.3, 0.4) is 0 Å². The first-order chi connectivity index (χ1) is 10.9. The van der Waals surface area contributed by atoms with E-state index in [0.717, 1.165) is 19.4 Å². The lowest BCUT2D eigenvalue weighted by atomic mass is 9.95. The van der Waals surface area contributed by atoms with E-state index in [0.29, 0.717) is 6.04 Å². The number of rotatable bonds is 1. The summed E-state index contributed by atoms with van der Waals surface area (Å²) in [5.41, 5.74) is 5.35. The second-order valence-corrected chi connectivity index (χ2v) is 6.21. The fourth-order valence-electron chi connectivity index (χ4n) is 3.93. The van der Waals surface area contributed by atoms with Crippen LogP contribution >= 0.6 is 0 Å². The summed E-state index contributed by atoms with van der Waals surface area (Å²) in [5, 5.41) is 3.55. The number of fused-ring (bicyclic) bond motifs is 5. The summed E-state index contributed by atoms with van der Waals surface area (Å²) in [6.07, 6.45) is 2.24. The standard InChI is InChI=1S/C19H18N2O/c1-2-6-13(7-3-1)18-12-17-19-15(10-11-21(17)22-18)14-8-4-5-9-16(14)20-19/h1-9,17-18,20H,10-12H2/t17-,18-/m1/s1. The van der Waals surface area contributed by atoms with E-state index >= 15 is 0 Å². The normalized spacial score (nSPS) is 24.4. The Hall–Kier alpha value is -2.10. The number of aromatic amines is 1. The molecule has 0 spiro atoms. The predicted molar refractivity (Wildman–Crippen MR) is 86.3 cm³/mol. The quantitative estimate of drug-likeness (QED) is 0.729. The molecular formula is C19H18N2O. The Kier molecular flexibility index (Phi) is 2.66. The Bertz CT molecular complexity index is 824. The van der Waals surface area contributed by atoms with Crippen molar-refractivity contribution in [3.8, 4) is 0 Å². The van der Waals surface area contributed by atoms with Gasteiger partial charge in [0, 0.05) is 29.6 Å². The lowest BCUT2D eigenvalue weighted by Crippen LogP contribution is -2.29. The number of aromatic nitrogens is 1. The van der Waals surface area contributed by atoms with Crippen molar-refractivity contribution in [2.24, 2.45) is 0 Å². The van der Waals surface area contributed by atoms with Crippen LogP contribution in [0.15, 0.2) is 54.6 Å². The lowest BCUT2D eigenvalue weighted by Gasteiger charge is -2.27. The summed E-state index contributed by atoms with van der Waals surface area (Å²) < 4.78 is 0. The van der Waals surface area contributed by atoms with E-state index in [1.165, 1.54) is 27.7 Å². The summed E-state index contributed by atoms with van der Waals surface area (Å²) in [4.78, 5) is 9.86. The maximum atomic E-state index is 6.22. The molecule has 0 amide bonds. The first kappa shape index (κ1) is 12.4. The predicted octanol–water partition coefficient (Wildman–Crippen LogP) is 4.14. The van der Waals surface area contributed by atoms with Crippen molar-refractivity contribution in [1.29, 1.82) is 0 Å². The lowest BCUT2D eigenvalue weighted by molar-refractivity contribution is -0.168. The minimum absolute atomic E-state index is 0.170. The molecule has 2 aromatic carbocycles. The molecule has 2 aliphatic heterocycles. The van der Waals surface area contributed by atoms with Crippen LogP contribution in [0.5, 0.6) is 0 Å². The molecule has 3 nitrogen and oxygen atoms in total. The van der Waals surface area contributed by atoms with Crippen LogP contribution < -0.4 is 0 Å². The Morgan fingerprint density at radius 1 is 1.00 bits per heavy atom. The Morgan fingerprint density at radius 2 is 1.82 bits per heavy atom. The zero-order chi connectivity index (χ0) is 14.5. The molecule has 1 aromatic heterocycles. The second-order valence-electron chi connectivity index (χ2n) is 6.21. The van der Waals surface area contributed by atoms with Crippen molar-refractivity contribution < 1.29 is 4.84 Å². The number of nitrogens with zero attached hydrogens (tertiary/aromatic N) is 1. The fraction of sp³-hybridized carbons (Fsp3) is 0.263. The van der Waals surface area contributed by atoms with Crippen LogP contribution in [-0.4, -0.2) is 16.6 Å². The molecule has 0 saturated carbocycles. The third kappa shape index (κ3) is 1.76. The largest absolute Gasteiger partial charge is 0.357 e. The summed E-state index contributed by atoms with van der Waals surface area (Å²) in [5.74, 6) is 0. The number of hydrogen-bond donors (Lipinski definition) is 1. The van der Waals surface area contributed by atoms with Gasteiger partial charge in [-0.15, -0.1) is 0 Å². The van der Waals surface area contributed by atoms with Crippen LogP contribution in [0.25, 0.3) is 10.9 Å². The van der Waals surface area contributed by atoms with Gasteiger partial charge in [-0.2, -0.15) is 5.06 Å². The van der Waals surface area contributed by atoms with Gasteiger partial charge in [0.25, 0.3) is 0 Å². The topological polar surface area (TPSA) is 28.3 Å². The van der Waals surface area contributed by atoms with Crippen LogP contribution in [0, 0.1) is 0 Å². The van der Waals surface area contributed by atoms with Crippen LogP contribution in [-0.2, 0) is 11.3 Å². The average molecular weight is 290 g/mol. The third-order valence-corrected chi connectivity index (χ3v) is 4.98. The van der Waals surface area contributed by atoms with Crippen molar-refractivity contribution in [3.05, 3.63) is 71.4 Å². The van der Waals surface area contributed by atoms with Gasteiger partial charge >= 0.3 is 0 Å². The van der Waals surface area contributed by atoms with Crippen LogP contribution in [0.4, 0.5) is 0 Å². The summed E-state index contributed by atoms with van der Waals surface area (Å²) in [6, 6.07) is 19.5. The molecule has 3 heteroatoms. The summed E-state index contributed by atoms with van der Waals surface area (Å²) >= 11 is 0. The average Bonchev–Trinajstić information content (AvgIpc) is 3.16. The monoisotopic (exact) mass is 290 g/mol. The van der Waals surface area contributed by atoms with E-state index in [4.69, 9.17) is 4.84 Å². The molecule has 3 heterocycles. The first-order valence-electron chi connectivity index (χ1n) is 7.98. The summed E-state index contributed by atoms with van der Waals surface area (Å²) in [7, 11) is 0. The van der Waals surface area contributed by atoms with Gasteiger partial charge in [0.05, 0.1) is 6.04 Å². The van der Waals surface area contributed by atoms with Gasteiger partial charge in [-0.3, -0.25) is 4.84 Å². The van der Waals surface area contributed by atoms with E-state index in [-0.39, 0.29) is 6.10 Å². The van der Waals surface area contributed by atoms with Gasteiger partial charge in [-0.05, 0) is 23.6 Å². The van der Waals surface area contributed by atoms with E-state index in [2.05, 4.69) is 64.6 Å². The molecule has 0 radical (unpaired) electrons. The molecule has 2 aliphatic rings. The zero-order valence-electron chi connectivity index (χ0n) is 12.3. The molecule has 3 aromatic rings. The molecule has 0 unspecified atom stereocenters. The minimum atomic E-state index is 0.170. The molecule has 0 aliphatic carbocycles. The molecule has 22 heavy (non-hydrogen) atoms. The van der Waals surface area contributed by atoms with Gasteiger partial charge in [-0.1, -0.05) is 48.5 Å². The molecule has 2 atom stereocenters. The zero-order valence-corrected chi connectivity index (χ0v) is 12.3. The SMILES string of the molecule is c1ccc([C@H]2C[C@@H]3c4[nH]c5ccccc5c4CCN3O2)cc1. The number of H-pyrrole nitrogens is 1. The molecular weight excluding hydrogens is 272 g/mol. The Labute approximate surface area is 129 Å². The summed E-state index contributed by atoms with van der Waals surface area (Å²) in [6.45, 7) is 0.975. The maximum absolute atomic E-state index is 6.22. The van der Waals surface area contributed by atoms with Crippen LogP contribution in [0.2, 0.25) is 0 Å². The number of para-hydroxylation sites is 1. The Balaban J connectivity index is 1.55. The third-order valence-electron chi connectivity index (χ3n) is 4.98. The van der Waals surface area contributed by atoms with Crippen molar-refractivity contribution in [3.63, 3.8) is 0 Å². The second kappa shape index (κ2) is 4.70. The molecule has 0 bridgehead atoms. The highest BCUT2D eigenvalue weighted by molar-refractivity contribution is 5.85. The van der Waals surface area contributed by atoms with Crippen molar-refractivity contribution in [1.82, 2.24) is 10.0 Å². The molecule has 1 N–H and O–H groups in total. The molecule has 5 rings (SSSR count). The Morgan fingerprint density at radius 3 is 2.73 bits per heavy atom. The van der Waals surface area contributed by atoms with Crippen LogP contribution in [0.1, 0.15) is 35.4 Å². The maximum Gasteiger partial charge on any atom is 0.106 e. The highest BCUT2D eigenvalue weighted by Crippen LogP contribution is 2.46. The molecule has 1 fully saturated rings. The van der Waals surface area contributed by atoms with Gasteiger partial charge in [0.2, 0.25) is 0 Å². The minimum Gasteiger partial charge on any atom is -0.357 e. The number of benzene rings is 2. The van der Waals surface area contributed by atoms with E-state index in [1.54, 1.807) is 0 Å². The number of hydrogen-bond acceptors (Lipinski definition) is 2.